The van der Waals surface area contributed by atoms with Crippen LogP contribution in [0.4, 0.5) is 0 Å². The molecule has 0 bridgehead atoms. The van der Waals surface area contributed by atoms with E-state index in [1.54, 1.807) is 22.2 Å². The topological polar surface area (TPSA) is 88.3 Å². The molecule has 0 aliphatic carbocycles. The van der Waals surface area contributed by atoms with E-state index in [1.807, 2.05) is 17.5 Å². The van der Waals surface area contributed by atoms with Crippen LogP contribution in [0.3, 0.4) is 0 Å². The number of aromatic nitrogens is 3. The fraction of sp³-hybridized carbons (Fsp3) is 0.385. The minimum atomic E-state index is -0.855. The van der Waals surface area contributed by atoms with Gasteiger partial charge in [0.1, 0.15) is 0 Å². The van der Waals surface area contributed by atoms with Crippen molar-refractivity contribution in [2.24, 2.45) is 5.92 Å². The van der Waals surface area contributed by atoms with Gasteiger partial charge in [-0.2, -0.15) is 0 Å². The summed E-state index contributed by atoms with van der Waals surface area (Å²) in [6.45, 7) is 1.27. The molecule has 3 rings (SSSR count). The highest BCUT2D eigenvalue weighted by molar-refractivity contribution is 7.09. The number of carbonyl (C=O) groups is 2. The van der Waals surface area contributed by atoms with Crippen LogP contribution in [0.1, 0.15) is 21.8 Å². The van der Waals surface area contributed by atoms with Crippen molar-refractivity contribution >= 4 is 23.2 Å². The van der Waals surface area contributed by atoms with Crippen LogP contribution in [0.5, 0.6) is 0 Å². The lowest BCUT2D eigenvalue weighted by atomic mass is 10.1. The van der Waals surface area contributed by atoms with Gasteiger partial charge in [-0.1, -0.05) is 11.3 Å². The average molecular weight is 306 g/mol. The van der Waals surface area contributed by atoms with Crippen LogP contribution in [0, 0.1) is 5.92 Å². The molecular weight excluding hydrogens is 292 g/mol. The predicted octanol–water partition coefficient (Wildman–Crippen LogP) is 0.935. The minimum Gasteiger partial charge on any atom is -0.481 e. The minimum absolute atomic E-state index is 0.242. The second-order valence-corrected chi connectivity index (χ2v) is 5.99. The second kappa shape index (κ2) is 5.65. The van der Waals surface area contributed by atoms with Gasteiger partial charge in [0, 0.05) is 18.0 Å². The Kier molecular flexibility index (Phi) is 3.70. The van der Waals surface area contributed by atoms with E-state index in [1.165, 1.54) is 4.90 Å². The lowest BCUT2D eigenvalue weighted by Crippen LogP contribution is -2.30. The molecule has 0 radical (unpaired) electrons. The summed E-state index contributed by atoms with van der Waals surface area (Å²) in [6.07, 6.45) is 2.10. The molecule has 0 spiro atoms. The molecule has 0 saturated carbocycles. The molecule has 1 aliphatic heterocycles. The van der Waals surface area contributed by atoms with E-state index < -0.39 is 11.9 Å². The highest BCUT2D eigenvalue weighted by Crippen LogP contribution is 2.18. The molecule has 1 amide bonds. The van der Waals surface area contributed by atoms with Gasteiger partial charge in [0.15, 0.2) is 5.69 Å². The van der Waals surface area contributed by atoms with E-state index in [4.69, 9.17) is 5.11 Å². The number of likely N-dealkylation sites (tertiary alicyclic amines) is 1. The van der Waals surface area contributed by atoms with Gasteiger partial charge < -0.3 is 10.0 Å². The third-order valence-electron chi connectivity index (χ3n) is 3.48. The van der Waals surface area contributed by atoms with Gasteiger partial charge in [0.25, 0.3) is 5.91 Å². The number of nitrogens with zero attached hydrogens (tertiary/aromatic N) is 4. The maximum Gasteiger partial charge on any atom is 0.308 e. The summed E-state index contributed by atoms with van der Waals surface area (Å²) in [6, 6.07) is 3.95. The van der Waals surface area contributed by atoms with Gasteiger partial charge in [0.05, 0.1) is 18.7 Å². The molecule has 3 heterocycles. The molecule has 2 aromatic heterocycles. The van der Waals surface area contributed by atoms with Crippen LogP contribution in [-0.4, -0.2) is 50.0 Å². The largest absolute Gasteiger partial charge is 0.481 e. The molecule has 1 N–H and O–H groups in total. The number of hydrogen-bond donors (Lipinski definition) is 1. The SMILES string of the molecule is O=C(O)[C@@H]1CCN(C(=O)c2cn(Cc3cccs3)nn2)C1. The van der Waals surface area contributed by atoms with E-state index >= 15 is 0 Å². The number of thiophene rings is 1. The van der Waals surface area contributed by atoms with Crippen molar-refractivity contribution in [2.75, 3.05) is 13.1 Å². The third-order valence-corrected chi connectivity index (χ3v) is 4.34. The first-order chi connectivity index (χ1) is 10.1. The Balaban J connectivity index is 1.66. The number of carboxylic acid groups (broad SMARTS) is 1. The number of carbonyl (C=O) groups excluding carboxylic acids is 1. The summed E-state index contributed by atoms with van der Waals surface area (Å²) >= 11 is 1.61. The fourth-order valence-corrected chi connectivity index (χ4v) is 3.04. The molecule has 8 heteroatoms. The Morgan fingerprint density at radius 1 is 1.48 bits per heavy atom. The van der Waals surface area contributed by atoms with Crippen molar-refractivity contribution in [3.63, 3.8) is 0 Å². The van der Waals surface area contributed by atoms with E-state index in [2.05, 4.69) is 10.3 Å². The van der Waals surface area contributed by atoms with Crippen molar-refractivity contribution in [3.8, 4) is 0 Å². The number of rotatable bonds is 4. The Hall–Kier alpha value is -2.22. The molecule has 1 saturated heterocycles. The lowest BCUT2D eigenvalue weighted by Gasteiger charge is -2.13. The van der Waals surface area contributed by atoms with E-state index in [9.17, 15) is 9.59 Å². The van der Waals surface area contributed by atoms with Gasteiger partial charge in [-0.05, 0) is 17.9 Å². The van der Waals surface area contributed by atoms with Crippen LogP contribution in [0.2, 0.25) is 0 Å². The first kappa shape index (κ1) is 13.7. The van der Waals surface area contributed by atoms with Gasteiger partial charge >= 0.3 is 5.97 Å². The zero-order chi connectivity index (χ0) is 14.8. The Morgan fingerprint density at radius 2 is 2.33 bits per heavy atom. The van der Waals surface area contributed by atoms with Crippen LogP contribution in [-0.2, 0) is 11.3 Å². The zero-order valence-electron chi connectivity index (χ0n) is 11.2. The summed E-state index contributed by atoms with van der Waals surface area (Å²) in [5.41, 5.74) is 0.262. The quantitative estimate of drug-likeness (QED) is 0.908. The lowest BCUT2D eigenvalue weighted by molar-refractivity contribution is -0.141. The normalized spacial score (nSPS) is 18.1. The monoisotopic (exact) mass is 306 g/mol. The molecule has 1 atom stereocenters. The predicted molar refractivity (Wildman–Crippen MR) is 75.1 cm³/mol. The van der Waals surface area contributed by atoms with Crippen molar-refractivity contribution in [2.45, 2.75) is 13.0 Å². The first-order valence-electron chi connectivity index (χ1n) is 6.58. The highest BCUT2D eigenvalue weighted by atomic mass is 32.1. The molecule has 110 valence electrons. The average Bonchev–Trinajstić information content (AvgIpc) is 3.20. The number of carboxylic acids is 1. The maximum absolute atomic E-state index is 12.3. The number of aliphatic carboxylic acids is 1. The smallest absolute Gasteiger partial charge is 0.308 e. The summed E-state index contributed by atoms with van der Waals surface area (Å²) in [5.74, 6) is -1.59. The summed E-state index contributed by atoms with van der Waals surface area (Å²) < 4.78 is 1.61. The highest BCUT2D eigenvalue weighted by Gasteiger charge is 2.32. The fourth-order valence-electron chi connectivity index (χ4n) is 2.34. The van der Waals surface area contributed by atoms with E-state index in [-0.39, 0.29) is 18.1 Å². The van der Waals surface area contributed by atoms with Crippen molar-refractivity contribution in [3.05, 3.63) is 34.3 Å². The molecule has 21 heavy (non-hydrogen) atoms. The Bertz CT molecular complexity index is 652. The standard InChI is InChI=1S/C13H14N4O3S/c18-12(16-4-3-9(6-16)13(19)20)11-8-17(15-14-11)7-10-2-1-5-21-10/h1-2,5,8-9H,3-4,6-7H2,(H,19,20)/t9-/m1/s1. The molecule has 0 aromatic carbocycles. The van der Waals surface area contributed by atoms with Gasteiger partial charge in [-0.25, -0.2) is 4.68 Å². The van der Waals surface area contributed by atoms with Crippen LogP contribution in [0.15, 0.2) is 23.7 Å². The number of hydrogen-bond acceptors (Lipinski definition) is 5. The molecule has 1 aliphatic rings. The van der Waals surface area contributed by atoms with Crippen LogP contribution < -0.4 is 0 Å². The Morgan fingerprint density at radius 3 is 3.00 bits per heavy atom. The van der Waals surface area contributed by atoms with E-state index in [0.29, 0.717) is 19.5 Å². The zero-order valence-corrected chi connectivity index (χ0v) is 12.0. The molecule has 2 aromatic rings. The van der Waals surface area contributed by atoms with Gasteiger partial charge in [-0.3, -0.25) is 9.59 Å². The summed E-state index contributed by atoms with van der Waals surface area (Å²) in [4.78, 5) is 25.8. The third kappa shape index (κ3) is 2.94. The van der Waals surface area contributed by atoms with E-state index in [0.717, 1.165) is 4.88 Å². The van der Waals surface area contributed by atoms with Crippen LogP contribution >= 0.6 is 11.3 Å². The van der Waals surface area contributed by atoms with Crippen molar-refractivity contribution < 1.29 is 14.7 Å². The van der Waals surface area contributed by atoms with Crippen molar-refractivity contribution in [1.82, 2.24) is 19.9 Å². The molecule has 7 nitrogen and oxygen atoms in total. The van der Waals surface area contributed by atoms with Crippen LogP contribution in [0.25, 0.3) is 0 Å². The molecule has 1 fully saturated rings. The molecule has 0 unspecified atom stereocenters. The maximum atomic E-state index is 12.3. The second-order valence-electron chi connectivity index (χ2n) is 4.96. The summed E-state index contributed by atoms with van der Waals surface area (Å²) in [5, 5.41) is 18.8. The van der Waals surface area contributed by atoms with Crippen molar-refractivity contribution in [1.29, 1.82) is 0 Å². The molecular formula is C13H14N4O3S. The van der Waals surface area contributed by atoms with Gasteiger partial charge in [0.2, 0.25) is 0 Å². The summed E-state index contributed by atoms with van der Waals surface area (Å²) in [7, 11) is 0. The number of amides is 1. The Labute approximate surface area is 124 Å². The first-order valence-corrected chi connectivity index (χ1v) is 7.46. The van der Waals surface area contributed by atoms with Gasteiger partial charge in [-0.15, -0.1) is 16.4 Å².